The molecule has 1 atom stereocenters. The number of sulfonamides is 1. The number of rotatable bonds is 5. The van der Waals surface area contributed by atoms with Crippen LogP contribution in [0.5, 0.6) is 0 Å². The molecule has 0 aliphatic carbocycles. The minimum atomic E-state index is -3.74. The normalized spacial score (nSPS) is 13.1. The van der Waals surface area contributed by atoms with Crippen molar-refractivity contribution in [3.05, 3.63) is 29.0 Å². The first-order valence-electron chi connectivity index (χ1n) is 5.32. The Kier molecular flexibility index (Phi) is 4.94. The van der Waals surface area contributed by atoms with Crippen LogP contribution >= 0.6 is 15.9 Å². The van der Waals surface area contributed by atoms with Crippen molar-refractivity contribution in [2.24, 2.45) is 7.05 Å². The number of hydrogen-bond donors (Lipinski definition) is 1. The number of esters is 1. The molecule has 0 aliphatic heterocycles. The van der Waals surface area contributed by atoms with Gasteiger partial charge in [0.05, 0.1) is 11.6 Å². The molecule has 1 heterocycles. The second-order valence-electron chi connectivity index (χ2n) is 3.90. The lowest BCUT2D eigenvalue weighted by atomic mass is 10.4. The average molecular weight is 351 g/mol. The fraction of sp³-hybridized carbons (Fsp3) is 0.364. The summed E-state index contributed by atoms with van der Waals surface area (Å²) in [7, 11) is -0.950. The molecule has 1 unspecified atom stereocenters. The molecule has 0 saturated carbocycles. The summed E-state index contributed by atoms with van der Waals surface area (Å²) in [6.45, 7) is 5.16. The van der Waals surface area contributed by atoms with Gasteiger partial charge in [0.15, 0.2) is 0 Å². The topological polar surface area (TPSA) is 77.4 Å². The van der Waals surface area contributed by atoms with E-state index in [9.17, 15) is 13.2 Å². The first kappa shape index (κ1) is 15.9. The van der Waals surface area contributed by atoms with Crippen molar-refractivity contribution in [2.45, 2.75) is 17.9 Å². The first-order chi connectivity index (χ1) is 8.74. The van der Waals surface area contributed by atoms with Crippen molar-refractivity contribution < 1.29 is 17.9 Å². The quantitative estimate of drug-likeness (QED) is 0.643. The lowest BCUT2D eigenvalue weighted by Crippen LogP contribution is -2.31. The molecule has 0 aliphatic rings. The van der Waals surface area contributed by atoms with E-state index in [0.717, 1.165) is 0 Å². The van der Waals surface area contributed by atoms with Crippen molar-refractivity contribution in [3.63, 3.8) is 0 Å². The van der Waals surface area contributed by atoms with E-state index < -0.39 is 22.0 Å². The van der Waals surface area contributed by atoms with Crippen LogP contribution in [0.1, 0.15) is 17.4 Å². The molecular weight excluding hydrogens is 336 g/mol. The Bertz CT molecular complexity index is 606. The summed E-state index contributed by atoms with van der Waals surface area (Å²) in [5.74, 6) is -0.618. The molecule has 1 rings (SSSR count). The van der Waals surface area contributed by atoms with Gasteiger partial charge >= 0.3 is 5.97 Å². The van der Waals surface area contributed by atoms with Crippen molar-refractivity contribution in [3.8, 4) is 0 Å². The summed E-state index contributed by atoms with van der Waals surface area (Å²) in [5, 5.41) is 0. The Balaban J connectivity index is 3.30. The number of ether oxygens (including phenoxy) is 1. The van der Waals surface area contributed by atoms with Crippen LogP contribution in [0.25, 0.3) is 0 Å². The lowest BCUT2D eigenvalue weighted by Gasteiger charge is -2.09. The number of carbonyl (C=O) groups is 1. The fourth-order valence-corrected chi connectivity index (χ4v) is 3.97. The molecule has 0 saturated heterocycles. The molecule has 0 amide bonds. The van der Waals surface area contributed by atoms with Gasteiger partial charge in [0.25, 0.3) is 0 Å². The number of carbonyl (C=O) groups excluding carboxylic acids is 1. The maximum atomic E-state index is 12.1. The monoisotopic (exact) mass is 350 g/mol. The van der Waals surface area contributed by atoms with Gasteiger partial charge in [-0.05, 0) is 22.9 Å². The number of methoxy groups -OCH3 is 1. The predicted molar refractivity (Wildman–Crippen MR) is 74.4 cm³/mol. The summed E-state index contributed by atoms with van der Waals surface area (Å²) in [5.41, 5.74) is 0.133. The van der Waals surface area contributed by atoms with Crippen LogP contribution in [0.2, 0.25) is 0 Å². The van der Waals surface area contributed by atoms with E-state index in [1.165, 1.54) is 23.9 Å². The zero-order valence-corrected chi connectivity index (χ0v) is 13.2. The van der Waals surface area contributed by atoms with Crippen LogP contribution in [-0.2, 0) is 21.8 Å². The van der Waals surface area contributed by atoms with E-state index in [4.69, 9.17) is 0 Å². The second kappa shape index (κ2) is 5.89. The minimum Gasteiger partial charge on any atom is -0.464 e. The van der Waals surface area contributed by atoms with Crippen molar-refractivity contribution >= 4 is 31.9 Å². The standard InChI is InChI=1S/C11H15BrN2O4S/c1-5-7(2)13-19(16,17)8-6-14(3)10(9(8)12)11(15)18-4/h5-7,13H,1H2,2-4H3. The largest absolute Gasteiger partial charge is 0.464 e. The summed E-state index contributed by atoms with van der Waals surface area (Å²) in [6.07, 6.45) is 2.81. The molecule has 1 aromatic rings. The van der Waals surface area contributed by atoms with Crippen molar-refractivity contribution in [1.29, 1.82) is 0 Å². The summed E-state index contributed by atoms with van der Waals surface area (Å²) >= 11 is 3.12. The molecule has 6 nitrogen and oxygen atoms in total. The maximum absolute atomic E-state index is 12.1. The Morgan fingerprint density at radius 2 is 2.21 bits per heavy atom. The molecule has 0 spiro atoms. The maximum Gasteiger partial charge on any atom is 0.355 e. The number of aryl methyl sites for hydroxylation is 1. The highest BCUT2D eigenvalue weighted by molar-refractivity contribution is 9.10. The van der Waals surface area contributed by atoms with Gasteiger partial charge in [-0.1, -0.05) is 6.08 Å². The molecule has 0 radical (unpaired) electrons. The number of aromatic nitrogens is 1. The van der Waals surface area contributed by atoms with Gasteiger partial charge < -0.3 is 9.30 Å². The number of nitrogens with zero attached hydrogens (tertiary/aromatic N) is 1. The molecule has 1 N–H and O–H groups in total. The van der Waals surface area contributed by atoms with Crippen LogP contribution in [0.3, 0.4) is 0 Å². The molecule has 1 aromatic heterocycles. The molecule has 0 aromatic carbocycles. The van der Waals surface area contributed by atoms with Crippen molar-refractivity contribution in [1.82, 2.24) is 9.29 Å². The number of hydrogen-bond acceptors (Lipinski definition) is 4. The van der Waals surface area contributed by atoms with Gasteiger partial charge in [0.2, 0.25) is 10.0 Å². The molecule has 0 fully saturated rings. The third kappa shape index (κ3) is 3.26. The van der Waals surface area contributed by atoms with Crippen molar-refractivity contribution in [2.75, 3.05) is 7.11 Å². The third-order valence-electron chi connectivity index (χ3n) is 2.45. The molecule has 8 heteroatoms. The fourth-order valence-electron chi connectivity index (χ4n) is 1.44. The van der Waals surface area contributed by atoms with E-state index in [0.29, 0.717) is 0 Å². The summed E-state index contributed by atoms with van der Waals surface area (Å²) < 4.78 is 32.9. The van der Waals surface area contributed by atoms with Crippen LogP contribution in [0.15, 0.2) is 28.2 Å². The average Bonchev–Trinajstić information content (AvgIpc) is 2.64. The molecule has 19 heavy (non-hydrogen) atoms. The smallest absolute Gasteiger partial charge is 0.355 e. The Morgan fingerprint density at radius 3 is 2.68 bits per heavy atom. The Morgan fingerprint density at radius 1 is 1.63 bits per heavy atom. The van der Waals surface area contributed by atoms with E-state index in [1.807, 2.05) is 0 Å². The van der Waals surface area contributed by atoms with E-state index >= 15 is 0 Å². The van der Waals surface area contributed by atoms with Crippen LogP contribution in [-0.4, -0.2) is 32.1 Å². The number of nitrogens with one attached hydrogen (secondary N) is 1. The van der Waals surface area contributed by atoms with Gasteiger partial charge in [-0.25, -0.2) is 17.9 Å². The zero-order chi connectivity index (χ0) is 14.8. The minimum absolute atomic E-state index is 0.0240. The third-order valence-corrected chi connectivity index (χ3v) is 5.09. The van der Waals surface area contributed by atoms with Crippen LogP contribution < -0.4 is 4.72 Å². The van der Waals surface area contributed by atoms with Gasteiger partial charge in [-0.15, -0.1) is 6.58 Å². The zero-order valence-electron chi connectivity index (χ0n) is 10.8. The van der Waals surface area contributed by atoms with Crippen LogP contribution in [0, 0.1) is 0 Å². The van der Waals surface area contributed by atoms with E-state index in [1.54, 1.807) is 14.0 Å². The Labute approximate surface area is 120 Å². The highest BCUT2D eigenvalue weighted by Gasteiger charge is 2.27. The second-order valence-corrected chi connectivity index (χ2v) is 6.38. The van der Waals surface area contributed by atoms with Gasteiger partial charge in [0.1, 0.15) is 10.6 Å². The lowest BCUT2D eigenvalue weighted by molar-refractivity contribution is 0.0588. The van der Waals surface area contributed by atoms with Gasteiger partial charge in [0, 0.05) is 19.3 Å². The van der Waals surface area contributed by atoms with E-state index in [2.05, 4.69) is 32.0 Å². The highest BCUT2D eigenvalue weighted by Crippen LogP contribution is 2.28. The SMILES string of the molecule is C=CC(C)NS(=O)(=O)c1cn(C)c(C(=O)OC)c1Br. The molecule has 106 valence electrons. The van der Waals surface area contributed by atoms with Crippen LogP contribution in [0.4, 0.5) is 0 Å². The Hall–Kier alpha value is -1.12. The molecular formula is C11H15BrN2O4S. The molecule has 0 bridgehead atoms. The number of halogens is 1. The van der Waals surface area contributed by atoms with Gasteiger partial charge in [-0.3, -0.25) is 0 Å². The van der Waals surface area contributed by atoms with Gasteiger partial charge in [-0.2, -0.15) is 0 Å². The van der Waals surface area contributed by atoms with E-state index in [-0.39, 0.29) is 15.1 Å². The predicted octanol–water partition coefficient (Wildman–Crippen LogP) is 1.43. The summed E-state index contributed by atoms with van der Waals surface area (Å²) in [6, 6.07) is -0.418. The first-order valence-corrected chi connectivity index (χ1v) is 7.60. The highest BCUT2D eigenvalue weighted by atomic mass is 79.9. The summed E-state index contributed by atoms with van der Waals surface area (Å²) in [4.78, 5) is 11.5.